The molecule has 0 aliphatic heterocycles. The highest BCUT2D eigenvalue weighted by molar-refractivity contribution is 5.88. The molecule has 0 saturated heterocycles. The van der Waals surface area contributed by atoms with E-state index in [1.54, 1.807) is 13.8 Å². The average molecular weight is 726 g/mol. The van der Waals surface area contributed by atoms with Crippen molar-refractivity contribution in [1.82, 2.24) is 4.90 Å². The summed E-state index contributed by atoms with van der Waals surface area (Å²) in [6, 6.07) is 10.1. The molecule has 0 bridgehead atoms. The highest BCUT2D eigenvalue weighted by Crippen LogP contribution is 2.14. The molecule has 0 aromatic heterocycles. The first-order valence-corrected chi connectivity index (χ1v) is 19.9. The van der Waals surface area contributed by atoms with Crippen molar-refractivity contribution in [2.75, 3.05) is 40.0 Å². The second kappa shape index (κ2) is 37.3. The molecule has 0 aliphatic carbocycles. The zero-order valence-corrected chi connectivity index (χ0v) is 34.1. The molecule has 0 amide bonds. The number of ether oxygens (including phenoxy) is 3. The van der Waals surface area contributed by atoms with Crippen LogP contribution in [0.25, 0.3) is 6.08 Å². The Hall–Kier alpha value is -3.45. The lowest BCUT2D eigenvalue weighted by molar-refractivity contribution is -0.140. The van der Waals surface area contributed by atoms with E-state index >= 15 is 0 Å². The van der Waals surface area contributed by atoms with Crippen LogP contribution in [0.15, 0.2) is 72.9 Å². The molecule has 1 rings (SSSR count). The van der Waals surface area contributed by atoms with E-state index in [-0.39, 0.29) is 17.9 Å². The van der Waals surface area contributed by atoms with Gasteiger partial charge in [-0.15, -0.1) is 0 Å². The molecule has 0 atom stereocenters. The van der Waals surface area contributed by atoms with Gasteiger partial charge in [-0.1, -0.05) is 179 Å². The minimum absolute atomic E-state index is 0.260. The summed E-state index contributed by atoms with van der Waals surface area (Å²) in [5.41, 5.74) is 2.54. The van der Waals surface area contributed by atoms with Gasteiger partial charge in [0, 0.05) is 23.3 Å². The van der Waals surface area contributed by atoms with Crippen LogP contribution in [0.1, 0.15) is 149 Å². The molecule has 0 aliphatic rings. The number of carbonyl (C=O) groups is 3. The number of nitrogens with zero attached hydrogens (tertiary/aromatic N) is 1. The van der Waals surface area contributed by atoms with Crippen LogP contribution >= 0.6 is 0 Å². The molecule has 0 fully saturated rings. The fraction of sp³-hybridized carbons (Fsp3) is 0.622. The number of hydrogen-bond donors (Lipinski definition) is 0. The molecule has 7 heteroatoms. The second-order valence-corrected chi connectivity index (χ2v) is 13.3. The maximum atomic E-state index is 12.0. The van der Waals surface area contributed by atoms with Crippen molar-refractivity contribution in [2.24, 2.45) is 0 Å². The van der Waals surface area contributed by atoms with Crippen molar-refractivity contribution in [1.29, 1.82) is 0 Å². The molecule has 52 heavy (non-hydrogen) atoms. The summed E-state index contributed by atoms with van der Waals surface area (Å²) >= 11 is 0. The first-order valence-electron chi connectivity index (χ1n) is 19.9. The Balaban J connectivity index is 0. The molecule has 1 aromatic rings. The average Bonchev–Trinajstić information content (AvgIpc) is 3.14. The van der Waals surface area contributed by atoms with E-state index in [9.17, 15) is 14.4 Å². The number of likely N-dealkylation sites (N-methyl/N-ethyl adjacent to an activating group) is 1. The Morgan fingerprint density at radius 2 is 1.06 bits per heavy atom. The van der Waals surface area contributed by atoms with Gasteiger partial charge in [0.2, 0.25) is 0 Å². The van der Waals surface area contributed by atoms with E-state index in [2.05, 4.69) is 50.1 Å². The fourth-order valence-electron chi connectivity index (χ4n) is 5.01. The highest BCUT2D eigenvalue weighted by Gasteiger charge is 2.07. The number of esters is 3. The standard InChI is InChI=1S/C30H48O2.C10H19NO2.C5H8O2/c1-3-4-5-6-7-8-9-10-11-12-13-14-15-16-17-21-27-32-30(31)28(2)23-22-26-29-24-19-18-20-25-29;1-5-11(6-2)7-8-13-10(12)9(3)4;1-4(2)5(6)7-3/h18-20,22,24-26H,2-17,21,23,27H2,1H3;3,5-8H2,1-2,4H3;1H2,2-3H3. The number of hydrogen-bond acceptors (Lipinski definition) is 7. The van der Waals surface area contributed by atoms with E-state index in [0.717, 1.165) is 38.0 Å². The third-order valence-corrected chi connectivity index (χ3v) is 8.41. The Bertz CT molecular complexity index is 1110. The number of unbranched alkanes of at least 4 members (excludes halogenated alkanes) is 15. The molecule has 0 unspecified atom stereocenters. The van der Waals surface area contributed by atoms with Crippen molar-refractivity contribution >= 4 is 24.0 Å². The fourth-order valence-corrected chi connectivity index (χ4v) is 5.01. The van der Waals surface area contributed by atoms with Crippen LogP contribution in [0.3, 0.4) is 0 Å². The van der Waals surface area contributed by atoms with Gasteiger partial charge in [-0.3, -0.25) is 0 Å². The maximum Gasteiger partial charge on any atom is 0.333 e. The summed E-state index contributed by atoms with van der Waals surface area (Å²) in [5, 5.41) is 0. The minimum atomic E-state index is -0.347. The van der Waals surface area contributed by atoms with Crippen LogP contribution in [0.5, 0.6) is 0 Å². The first kappa shape index (κ1) is 50.7. The lowest BCUT2D eigenvalue weighted by Crippen LogP contribution is -2.27. The van der Waals surface area contributed by atoms with Gasteiger partial charge in [0.1, 0.15) is 6.61 Å². The number of methoxy groups -OCH3 is 1. The summed E-state index contributed by atoms with van der Waals surface area (Å²) in [4.78, 5) is 35.3. The number of rotatable bonds is 28. The van der Waals surface area contributed by atoms with Gasteiger partial charge >= 0.3 is 17.9 Å². The van der Waals surface area contributed by atoms with Crippen molar-refractivity contribution in [2.45, 2.75) is 144 Å². The molecular formula is C45H75NO6. The number of benzene rings is 1. The molecule has 0 heterocycles. The summed E-state index contributed by atoms with van der Waals surface area (Å²) in [7, 11) is 1.33. The van der Waals surface area contributed by atoms with Crippen LogP contribution in [0.4, 0.5) is 0 Å². The Morgan fingerprint density at radius 3 is 1.46 bits per heavy atom. The van der Waals surface area contributed by atoms with Gasteiger partial charge in [-0.2, -0.15) is 0 Å². The van der Waals surface area contributed by atoms with E-state index in [0.29, 0.717) is 36.4 Å². The third-order valence-electron chi connectivity index (χ3n) is 8.41. The maximum absolute atomic E-state index is 12.0. The lowest BCUT2D eigenvalue weighted by Gasteiger charge is -2.17. The summed E-state index contributed by atoms with van der Waals surface area (Å²) < 4.78 is 14.6. The van der Waals surface area contributed by atoms with E-state index in [4.69, 9.17) is 9.47 Å². The predicted molar refractivity (Wildman–Crippen MR) is 220 cm³/mol. The SMILES string of the molecule is C=C(C)C(=O)OC.C=C(C)C(=O)OCCN(CC)CC.C=C(CC=Cc1ccccc1)C(=O)OCCCCCCCCCCCCCCCCCC. The zero-order valence-electron chi connectivity index (χ0n) is 34.1. The quantitative estimate of drug-likeness (QED) is 0.0368. The lowest BCUT2D eigenvalue weighted by atomic mass is 10.0. The molecule has 0 radical (unpaired) electrons. The van der Waals surface area contributed by atoms with E-state index < -0.39 is 0 Å². The summed E-state index contributed by atoms with van der Waals surface area (Å²) in [5.74, 6) is -0.907. The normalized spacial score (nSPS) is 10.4. The molecule has 1 aromatic carbocycles. The summed E-state index contributed by atoms with van der Waals surface area (Å²) in [6.07, 6.45) is 26.1. The third kappa shape index (κ3) is 33.7. The van der Waals surface area contributed by atoms with Gasteiger partial charge in [0.05, 0.1) is 13.7 Å². The molecule has 0 saturated carbocycles. The van der Waals surface area contributed by atoms with Crippen LogP contribution < -0.4 is 0 Å². The molecule has 7 nitrogen and oxygen atoms in total. The first-order chi connectivity index (χ1) is 25.0. The highest BCUT2D eigenvalue weighted by atomic mass is 16.5. The zero-order chi connectivity index (χ0) is 39.2. The molecule has 0 spiro atoms. The molecular weight excluding hydrogens is 650 g/mol. The van der Waals surface area contributed by atoms with Crippen LogP contribution in [0, 0.1) is 0 Å². The van der Waals surface area contributed by atoms with Crippen molar-refractivity contribution in [3.05, 3.63) is 78.4 Å². The smallest absolute Gasteiger partial charge is 0.333 e. The monoisotopic (exact) mass is 726 g/mol. The van der Waals surface area contributed by atoms with Gasteiger partial charge < -0.3 is 19.1 Å². The van der Waals surface area contributed by atoms with Crippen LogP contribution in [-0.4, -0.2) is 62.8 Å². The van der Waals surface area contributed by atoms with Crippen molar-refractivity contribution in [3.63, 3.8) is 0 Å². The van der Waals surface area contributed by atoms with Crippen LogP contribution in [-0.2, 0) is 28.6 Å². The largest absolute Gasteiger partial charge is 0.466 e. The minimum Gasteiger partial charge on any atom is -0.466 e. The Morgan fingerprint density at radius 1 is 0.615 bits per heavy atom. The number of carbonyl (C=O) groups excluding carboxylic acids is 3. The van der Waals surface area contributed by atoms with E-state index in [1.807, 2.05) is 42.5 Å². The van der Waals surface area contributed by atoms with Crippen molar-refractivity contribution < 1.29 is 28.6 Å². The summed E-state index contributed by atoms with van der Waals surface area (Å²) in [6.45, 7) is 24.2. The topological polar surface area (TPSA) is 82.1 Å². The van der Waals surface area contributed by atoms with Crippen molar-refractivity contribution in [3.8, 4) is 0 Å². The Kier molecular flexibility index (Phi) is 36.3. The van der Waals surface area contributed by atoms with Crippen LogP contribution in [0.2, 0.25) is 0 Å². The van der Waals surface area contributed by atoms with Gasteiger partial charge in [-0.25, -0.2) is 14.4 Å². The Labute approximate surface area is 319 Å². The van der Waals surface area contributed by atoms with Gasteiger partial charge in [-0.05, 0) is 45.3 Å². The second-order valence-electron chi connectivity index (χ2n) is 13.3. The van der Waals surface area contributed by atoms with Gasteiger partial charge in [0.15, 0.2) is 0 Å². The predicted octanol–water partition coefficient (Wildman–Crippen LogP) is 11.6. The van der Waals surface area contributed by atoms with E-state index in [1.165, 1.54) is 97.0 Å². The van der Waals surface area contributed by atoms with Gasteiger partial charge in [0.25, 0.3) is 0 Å². The number of allylic oxidation sites excluding steroid dienone is 1. The molecule has 296 valence electrons. The molecule has 0 N–H and O–H groups in total.